The fourth-order valence-electron chi connectivity index (χ4n) is 3.37. The van der Waals surface area contributed by atoms with Gasteiger partial charge in [-0.2, -0.15) is 0 Å². The number of rotatable bonds is 4. The first-order chi connectivity index (χ1) is 10.2. The number of likely N-dealkylation sites (tertiary alicyclic amines) is 1. The molecule has 1 aliphatic rings. The van der Waals surface area contributed by atoms with Crippen molar-refractivity contribution in [3.8, 4) is 0 Å². The summed E-state index contributed by atoms with van der Waals surface area (Å²) in [6.45, 7) is 9.92. The number of aromatic nitrogens is 1. The molecule has 1 aromatic carbocycles. The van der Waals surface area contributed by atoms with Crippen LogP contribution in [0.3, 0.4) is 0 Å². The molecule has 0 spiro atoms. The number of likely N-dealkylation sites (N-methyl/N-ethyl adjacent to an activating group) is 1. The highest BCUT2D eigenvalue weighted by Gasteiger charge is 2.22. The number of aryl methyl sites for hydroxylation is 2. The van der Waals surface area contributed by atoms with Crippen LogP contribution in [0.25, 0.3) is 10.9 Å². The van der Waals surface area contributed by atoms with Gasteiger partial charge in [-0.15, -0.1) is 0 Å². The lowest BCUT2D eigenvalue weighted by molar-refractivity contribution is 0.277. The van der Waals surface area contributed by atoms with E-state index in [1.807, 2.05) is 0 Å². The largest absolute Gasteiger partial charge is 0.368 e. The first kappa shape index (κ1) is 14.3. The molecule has 1 fully saturated rings. The third kappa shape index (κ3) is 3.03. The van der Waals surface area contributed by atoms with E-state index in [9.17, 15) is 0 Å². The highest BCUT2D eigenvalue weighted by Crippen LogP contribution is 2.22. The van der Waals surface area contributed by atoms with Crippen molar-refractivity contribution >= 4 is 16.7 Å². The number of nitrogens with zero attached hydrogens (tertiary/aromatic N) is 2. The molecule has 0 unspecified atom stereocenters. The second-order valence-electron chi connectivity index (χ2n) is 6.15. The topological polar surface area (TPSA) is 28.2 Å². The number of fused-ring (bicyclic) bond motifs is 1. The quantitative estimate of drug-likeness (QED) is 0.926. The van der Waals surface area contributed by atoms with Crippen molar-refractivity contribution in [1.29, 1.82) is 0 Å². The molecule has 1 saturated heterocycles. The molecule has 0 radical (unpaired) electrons. The van der Waals surface area contributed by atoms with Gasteiger partial charge in [-0.05, 0) is 63.0 Å². The molecule has 1 aromatic heterocycles. The number of benzene rings is 1. The van der Waals surface area contributed by atoms with E-state index < -0.39 is 0 Å². The minimum Gasteiger partial charge on any atom is -0.368 e. The highest BCUT2D eigenvalue weighted by molar-refractivity contribution is 5.84. The molecule has 2 heterocycles. The zero-order valence-corrected chi connectivity index (χ0v) is 13.3. The molecule has 1 N–H and O–H groups in total. The van der Waals surface area contributed by atoms with Gasteiger partial charge in [0.1, 0.15) is 5.82 Å². The minimum atomic E-state index is 0.658. The Kier molecular flexibility index (Phi) is 4.11. The summed E-state index contributed by atoms with van der Waals surface area (Å²) < 4.78 is 0. The third-order valence-corrected chi connectivity index (χ3v) is 4.60. The predicted molar refractivity (Wildman–Crippen MR) is 90.0 cm³/mol. The Hall–Kier alpha value is -1.61. The van der Waals surface area contributed by atoms with Crippen LogP contribution in [0.4, 0.5) is 5.82 Å². The fourth-order valence-corrected chi connectivity index (χ4v) is 3.37. The smallest absolute Gasteiger partial charge is 0.126 e. The van der Waals surface area contributed by atoms with E-state index in [0.717, 1.165) is 24.4 Å². The maximum atomic E-state index is 4.78. The van der Waals surface area contributed by atoms with Crippen LogP contribution < -0.4 is 5.32 Å². The lowest BCUT2D eigenvalue weighted by atomic mass is 10.1. The molecular weight excluding hydrogens is 258 g/mol. The summed E-state index contributed by atoms with van der Waals surface area (Å²) in [6.07, 6.45) is 2.62. The summed E-state index contributed by atoms with van der Waals surface area (Å²) in [7, 11) is 0. The average molecular weight is 283 g/mol. The lowest BCUT2D eigenvalue weighted by Gasteiger charge is -2.23. The fraction of sp³-hybridized carbons (Fsp3) is 0.500. The molecule has 1 atom stereocenters. The molecule has 3 rings (SSSR count). The van der Waals surface area contributed by atoms with E-state index in [2.05, 4.69) is 55.3 Å². The lowest BCUT2D eigenvalue weighted by Crippen LogP contribution is -2.34. The second-order valence-corrected chi connectivity index (χ2v) is 6.15. The summed E-state index contributed by atoms with van der Waals surface area (Å²) in [5.74, 6) is 1.01. The Labute approximate surface area is 127 Å². The minimum absolute atomic E-state index is 0.658. The van der Waals surface area contributed by atoms with E-state index in [0.29, 0.717) is 6.04 Å². The Balaban J connectivity index is 1.78. The first-order valence-electron chi connectivity index (χ1n) is 8.03. The summed E-state index contributed by atoms with van der Waals surface area (Å²) >= 11 is 0. The van der Waals surface area contributed by atoms with Gasteiger partial charge in [-0.1, -0.05) is 19.1 Å². The molecule has 1 aliphatic heterocycles. The Morgan fingerprint density at radius 3 is 2.95 bits per heavy atom. The Bertz CT molecular complexity index is 636. The van der Waals surface area contributed by atoms with E-state index in [1.165, 1.54) is 35.9 Å². The second kappa shape index (κ2) is 6.02. The molecule has 0 saturated carbocycles. The maximum Gasteiger partial charge on any atom is 0.126 e. The average Bonchev–Trinajstić information content (AvgIpc) is 2.92. The van der Waals surface area contributed by atoms with Crippen molar-refractivity contribution in [2.45, 2.75) is 39.7 Å². The zero-order chi connectivity index (χ0) is 14.8. The van der Waals surface area contributed by atoms with E-state index in [1.54, 1.807) is 0 Å². The summed E-state index contributed by atoms with van der Waals surface area (Å²) in [6, 6.07) is 9.32. The van der Waals surface area contributed by atoms with Gasteiger partial charge >= 0.3 is 0 Å². The van der Waals surface area contributed by atoms with Crippen molar-refractivity contribution < 1.29 is 0 Å². The van der Waals surface area contributed by atoms with Crippen LogP contribution in [-0.2, 0) is 0 Å². The predicted octanol–water partition coefficient (Wildman–Crippen LogP) is 3.75. The highest BCUT2D eigenvalue weighted by atomic mass is 15.2. The van der Waals surface area contributed by atoms with Crippen LogP contribution in [0.15, 0.2) is 24.3 Å². The number of hydrogen-bond donors (Lipinski definition) is 1. The van der Waals surface area contributed by atoms with Crippen LogP contribution in [0.1, 0.15) is 30.9 Å². The van der Waals surface area contributed by atoms with E-state index >= 15 is 0 Å². The molecule has 0 aliphatic carbocycles. The van der Waals surface area contributed by atoms with Crippen LogP contribution >= 0.6 is 0 Å². The molecule has 112 valence electrons. The van der Waals surface area contributed by atoms with Gasteiger partial charge in [-0.3, -0.25) is 4.90 Å². The number of nitrogens with one attached hydrogen (secondary N) is 1. The molecule has 3 heteroatoms. The molecule has 21 heavy (non-hydrogen) atoms. The monoisotopic (exact) mass is 283 g/mol. The summed E-state index contributed by atoms with van der Waals surface area (Å²) in [5.41, 5.74) is 3.65. The van der Waals surface area contributed by atoms with Crippen molar-refractivity contribution in [3.05, 3.63) is 35.4 Å². The van der Waals surface area contributed by atoms with Gasteiger partial charge in [0.2, 0.25) is 0 Å². The van der Waals surface area contributed by atoms with E-state index in [4.69, 9.17) is 4.98 Å². The normalized spacial score (nSPS) is 19.3. The van der Waals surface area contributed by atoms with Crippen molar-refractivity contribution in [2.75, 3.05) is 25.0 Å². The third-order valence-electron chi connectivity index (χ3n) is 4.60. The van der Waals surface area contributed by atoms with Crippen LogP contribution in [0, 0.1) is 13.8 Å². The van der Waals surface area contributed by atoms with Crippen LogP contribution in [0.2, 0.25) is 0 Å². The van der Waals surface area contributed by atoms with E-state index in [-0.39, 0.29) is 0 Å². The van der Waals surface area contributed by atoms with Crippen molar-refractivity contribution in [2.24, 2.45) is 0 Å². The van der Waals surface area contributed by atoms with Gasteiger partial charge in [0.15, 0.2) is 0 Å². The van der Waals surface area contributed by atoms with Crippen LogP contribution in [0.5, 0.6) is 0 Å². The van der Waals surface area contributed by atoms with Crippen molar-refractivity contribution in [3.63, 3.8) is 0 Å². The number of pyridine rings is 1. The Morgan fingerprint density at radius 2 is 2.14 bits per heavy atom. The first-order valence-corrected chi connectivity index (χ1v) is 8.03. The number of hydrogen-bond acceptors (Lipinski definition) is 3. The van der Waals surface area contributed by atoms with Gasteiger partial charge < -0.3 is 5.32 Å². The molecule has 3 nitrogen and oxygen atoms in total. The van der Waals surface area contributed by atoms with Gasteiger partial charge in [0, 0.05) is 18.0 Å². The number of anilines is 1. The van der Waals surface area contributed by atoms with Gasteiger partial charge in [0.05, 0.1) is 5.52 Å². The summed E-state index contributed by atoms with van der Waals surface area (Å²) in [4.78, 5) is 7.34. The molecule has 2 aromatic rings. The standard InChI is InChI=1S/C18H25N3/c1-4-21-9-5-6-15(21)12-19-18-11-14(3)16-8-7-13(2)10-17(16)20-18/h7-8,10-11,15H,4-6,9,12H2,1-3H3,(H,19,20)/t15-/m1/s1. The summed E-state index contributed by atoms with van der Waals surface area (Å²) in [5, 5.41) is 4.80. The van der Waals surface area contributed by atoms with Crippen molar-refractivity contribution in [1.82, 2.24) is 9.88 Å². The maximum absolute atomic E-state index is 4.78. The van der Waals surface area contributed by atoms with Gasteiger partial charge in [0.25, 0.3) is 0 Å². The SMILES string of the molecule is CCN1CCC[C@@H]1CNc1cc(C)c2ccc(C)cc2n1. The van der Waals surface area contributed by atoms with Gasteiger partial charge in [-0.25, -0.2) is 4.98 Å². The van der Waals surface area contributed by atoms with Crippen LogP contribution in [-0.4, -0.2) is 35.6 Å². The molecule has 0 bridgehead atoms. The molecule has 0 amide bonds. The zero-order valence-electron chi connectivity index (χ0n) is 13.3. The Morgan fingerprint density at radius 1 is 1.29 bits per heavy atom. The molecular formula is C18H25N3.